The molecule has 1 aliphatic heterocycles. The SMILES string of the molecule is COc1ccc(OC)c(CCNNC(=O)[C@@]2(Cc3ccccc3)N=C(c3ccc(OCCCO)cc3)O[C@H]2c2ccccc2Br)c1. The lowest BCUT2D eigenvalue weighted by atomic mass is 9.82. The van der Waals surface area contributed by atoms with Crippen molar-refractivity contribution in [2.45, 2.75) is 30.9 Å². The van der Waals surface area contributed by atoms with Gasteiger partial charge in [0, 0.05) is 41.6 Å². The van der Waals surface area contributed by atoms with Gasteiger partial charge in [0.1, 0.15) is 17.2 Å². The molecule has 1 amide bonds. The Bertz CT molecular complexity index is 1630. The van der Waals surface area contributed by atoms with Crippen LogP contribution in [0.25, 0.3) is 0 Å². The number of amides is 1. The molecule has 240 valence electrons. The smallest absolute Gasteiger partial charge is 0.266 e. The number of rotatable bonds is 15. The second-order valence-corrected chi connectivity index (χ2v) is 11.6. The molecule has 1 heterocycles. The lowest BCUT2D eigenvalue weighted by molar-refractivity contribution is -0.130. The third kappa shape index (κ3) is 7.70. The Hall–Kier alpha value is -4.38. The highest BCUT2D eigenvalue weighted by molar-refractivity contribution is 9.10. The van der Waals surface area contributed by atoms with Crippen molar-refractivity contribution >= 4 is 27.7 Å². The summed E-state index contributed by atoms with van der Waals surface area (Å²) >= 11 is 3.69. The number of ether oxygens (including phenoxy) is 4. The summed E-state index contributed by atoms with van der Waals surface area (Å²) in [7, 11) is 3.25. The standard InChI is InChI=1S/C36H38BrN3O6/c1-43-29-17-18-32(44-2)27(23-29)19-20-38-40-35(42)36(24-25-9-4-3-5-10-25)33(30-11-6-7-12-31(30)37)46-34(39-36)26-13-15-28(16-14-26)45-22-8-21-41/h3-7,9-18,23,33,38,41H,8,19-22,24H2,1-2H3,(H,40,42)/t33-,36-/m0/s1. The molecule has 1 aliphatic rings. The second kappa shape index (κ2) is 15.8. The number of carbonyl (C=O) groups is 1. The Kier molecular flexibility index (Phi) is 11.3. The number of hydrogen-bond acceptors (Lipinski definition) is 8. The van der Waals surface area contributed by atoms with Crippen molar-refractivity contribution in [2.75, 3.05) is 34.0 Å². The fourth-order valence-electron chi connectivity index (χ4n) is 5.38. The fourth-order valence-corrected chi connectivity index (χ4v) is 5.87. The van der Waals surface area contributed by atoms with E-state index in [1.807, 2.05) is 97.1 Å². The number of nitrogens with zero attached hydrogens (tertiary/aromatic N) is 1. The predicted molar refractivity (Wildman–Crippen MR) is 180 cm³/mol. The Morgan fingerprint density at radius 2 is 1.70 bits per heavy atom. The number of aliphatic hydroxyl groups excluding tert-OH is 1. The summed E-state index contributed by atoms with van der Waals surface area (Å²) in [6.07, 6.45) is 0.684. The minimum Gasteiger partial charge on any atom is -0.497 e. The first-order valence-corrected chi connectivity index (χ1v) is 15.9. The first kappa shape index (κ1) is 33.0. The Balaban J connectivity index is 1.46. The molecule has 4 aromatic carbocycles. The quantitative estimate of drug-likeness (QED) is 0.110. The third-order valence-electron chi connectivity index (χ3n) is 7.74. The predicted octanol–water partition coefficient (Wildman–Crippen LogP) is 5.59. The summed E-state index contributed by atoms with van der Waals surface area (Å²) in [5, 5.41) is 9.07. The van der Waals surface area contributed by atoms with Gasteiger partial charge in [-0.3, -0.25) is 10.2 Å². The average Bonchev–Trinajstić information content (AvgIpc) is 3.47. The molecule has 0 saturated heterocycles. The highest BCUT2D eigenvalue weighted by Gasteiger charge is 2.53. The van der Waals surface area contributed by atoms with Crippen molar-refractivity contribution in [2.24, 2.45) is 4.99 Å². The van der Waals surface area contributed by atoms with Crippen LogP contribution in [0.4, 0.5) is 0 Å². The van der Waals surface area contributed by atoms with Crippen LogP contribution in [0.5, 0.6) is 17.2 Å². The number of hydrogen-bond donors (Lipinski definition) is 3. The van der Waals surface area contributed by atoms with Crippen LogP contribution >= 0.6 is 15.9 Å². The maximum absolute atomic E-state index is 14.4. The number of carbonyl (C=O) groups excluding carboxylic acids is 1. The van der Waals surface area contributed by atoms with E-state index in [0.717, 1.165) is 32.7 Å². The van der Waals surface area contributed by atoms with Crippen molar-refractivity contribution in [3.63, 3.8) is 0 Å². The summed E-state index contributed by atoms with van der Waals surface area (Å²) in [6.45, 7) is 0.912. The maximum Gasteiger partial charge on any atom is 0.266 e. The molecule has 4 aromatic rings. The molecule has 10 heteroatoms. The van der Waals surface area contributed by atoms with Crippen LogP contribution in [-0.2, 0) is 22.4 Å². The topological polar surface area (TPSA) is 111 Å². The lowest BCUT2D eigenvalue weighted by Crippen LogP contribution is -2.54. The number of methoxy groups -OCH3 is 2. The Morgan fingerprint density at radius 1 is 0.957 bits per heavy atom. The van der Waals surface area contributed by atoms with Gasteiger partial charge in [0.2, 0.25) is 5.90 Å². The maximum atomic E-state index is 14.4. The van der Waals surface area contributed by atoms with E-state index in [1.165, 1.54) is 0 Å². The molecule has 3 N–H and O–H groups in total. The molecule has 0 unspecified atom stereocenters. The zero-order valence-electron chi connectivity index (χ0n) is 25.9. The van der Waals surface area contributed by atoms with Gasteiger partial charge in [-0.15, -0.1) is 0 Å². The van der Waals surface area contributed by atoms with Crippen molar-refractivity contribution in [3.05, 3.63) is 124 Å². The molecule has 0 aromatic heterocycles. The zero-order valence-corrected chi connectivity index (χ0v) is 27.5. The summed E-state index contributed by atoms with van der Waals surface area (Å²) < 4.78 is 24.0. The minimum atomic E-state index is -1.35. The molecule has 0 spiro atoms. The normalized spacial score (nSPS) is 17.1. The summed E-state index contributed by atoms with van der Waals surface area (Å²) in [5.41, 5.74) is 8.12. The van der Waals surface area contributed by atoms with E-state index in [4.69, 9.17) is 29.0 Å². The number of aliphatic hydroxyl groups is 1. The largest absolute Gasteiger partial charge is 0.497 e. The van der Waals surface area contributed by atoms with E-state index < -0.39 is 11.6 Å². The molecular formula is C36H38BrN3O6. The van der Waals surface area contributed by atoms with Crippen molar-refractivity contribution in [1.29, 1.82) is 0 Å². The van der Waals surface area contributed by atoms with Crippen LogP contribution in [0.2, 0.25) is 0 Å². The van der Waals surface area contributed by atoms with E-state index in [9.17, 15) is 4.79 Å². The highest BCUT2D eigenvalue weighted by Crippen LogP contribution is 2.44. The van der Waals surface area contributed by atoms with Crippen molar-refractivity contribution < 1.29 is 28.8 Å². The molecule has 0 radical (unpaired) electrons. The van der Waals surface area contributed by atoms with Crippen LogP contribution in [0.3, 0.4) is 0 Å². The van der Waals surface area contributed by atoms with Crippen LogP contribution in [0, 0.1) is 0 Å². The van der Waals surface area contributed by atoms with Gasteiger partial charge >= 0.3 is 0 Å². The van der Waals surface area contributed by atoms with Crippen LogP contribution in [0.1, 0.15) is 34.8 Å². The zero-order chi connectivity index (χ0) is 32.4. The monoisotopic (exact) mass is 687 g/mol. The van der Waals surface area contributed by atoms with E-state index in [0.29, 0.717) is 49.6 Å². The Morgan fingerprint density at radius 3 is 2.41 bits per heavy atom. The molecule has 46 heavy (non-hydrogen) atoms. The van der Waals surface area contributed by atoms with E-state index in [2.05, 4.69) is 26.8 Å². The number of hydrazine groups is 1. The number of aliphatic imine (C=N–C) groups is 1. The molecule has 5 rings (SSSR count). The molecule has 0 saturated carbocycles. The molecule has 2 atom stereocenters. The number of halogens is 1. The van der Waals surface area contributed by atoms with E-state index in [-0.39, 0.29) is 12.5 Å². The highest BCUT2D eigenvalue weighted by atomic mass is 79.9. The summed E-state index contributed by atoms with van der Waals surface area (Å²) in [5.74, 6) is 2.17. The van der Waals surface area contributed by atoms with Crippen LogP contribution < -0.4 is 25.1 Å². The van der Waals surface area contributed by atoms with Gasteiger partial charge in [0.25, 0.3) is 5.91 Å². The lowest BCUT2D eigenvalue weighted by Gasteiger charge is -2.31. The van der Waals surface area contributed by atoms with Crippen molar-refractivity contribution in [3.8, 4) is 17.2 Å². The van der Waals surface area contributed by atoms with E-state index >= 15 is 0 Å². The summed E-state index contributed by atoms with van der Waals surface area (Å²) in [6, 6.07) is 30.6. The number of benzene rings is 4. The number of nitrogens with one attached hydrogen (secondary N) is 2. The van der Waals surface area contributed by atoms with Crippen LogP contribution in [-0.4, -0.2) is 56.4 Å². The third-order valence-corrected chi connectivity index (χ3v) is 8.47. The summed E-state index contributed by atoms with van der Waals surface area (Å²) in [4.78, 5) is 19.5. The van der Waals surface area contributed by atoms with Crippen molar-refractivity contribution in [1.82, 2.24) is 10.9 Å². The van der Waals surface area contributed by atoms with Gasteiger partial charge in [-0.25, -0.2) is 10.4 Å². The average molecular weight is 689 g/mol. The Labute approximate surface area is 277 Å². The second-order valence-electron chi connectivity index (χ2n) is 10.8. The first-order chi connectivity index (χ1) is 22.5. The molecule has 0 fully saturated rings. The fraction of sp³-hybridized carbons (Fsp3) is 0.278. The first-order valence-electron chi connectivity index (χ1n) is 15.1. The van der Waals surface area contributed by atoms with Gasteiger partial charge in [-0.05, 0) is 66.1 Å². The van der Waals surface area contributed by atoms with Gasteiger partial charge in [0.15, 0.2) is 11.6 Å². The van der Waals surface area contributed by atoms with E-state index in [1.54, 1.807) is 14.2 Å². The molecular weight excluding hydrogens is 650 g/mol. The van der Waals surface area contributed by atoms with Gasteiger partial charge < -0.3 is 24.1 Å². The van der Waals surface area contributed by atoms with Gasteiger partial charge in [0.05, 0.1) is 20.8 Å². The molecule has 0 bridgehead atoms. The van der Waals surface area contributed by atoms with Gasteiger partial charge in [-0.1, -0.05) is 64.5 Å². The van der Waals surface area contributed by atoms with Crippen LogP contribution in [0.15, 0.2) is 107 Å². The molecule has 9 nitrogen and oxygen atoms in total. The minimum absolute atomic E-state index is 0.0643. The van der Waals surface area contributed by atoms with Gasteiger partial charge in [-0.2, -0.15) is 0 Å². The molecule has 0 aliphatic carbocycles.